The van der Waals surface area contributed by atoms with E-state index in [1.807, 2.05) is 0 Å². The van der Waals surface area contributed by atoms with Gasteiger partial charge >= 0.3 is 0 Å². The Labute approximate surface area is 104 Å². The van der Waals surface area contributed by atoms with Crippen LogP contribution in [-0.2, 0) is 0 Å². The molecular formula is C11H18BrN3O. The molecule has 0 spiro atoms. The summed E-state index contributed by atoms with van der Waals surface area (Å²) in [5.74, 6) is -0.0688. The lowest BCUT2D eigenvalue weighted by atomic mass is 9.88. The molecule has 0 aliphatic heterocycles. The molecule has 0 aliphatic carbocycles. The zero-order chi connectivity index (χ0) is 12.0. The summed E-state index contributed by atoms with van der Waals surface area (Å²) in [5.41, 5.74) is 0.712. The molecule has 0 saturated heterocycles. The number of amides is 1. The Morgan fingerprint density at radius 1 is 1.62 bits per heavy atom. The predicted octanol–water partition coefficient (Wildman–Crippen LogP) is 2.34. The fourth-order valence-corrected chi connectivity index (χ4v) is 1.71. The highest BCUT2D eigenvalue weighted by Gasteiger charge is 2.18. The number of aromatic amines is 1. The van der Waals surface area contributed by atoms with Gasteiger partial charge in [-0.15, -0.1) is 0 Å². The maximum atomic E-state index is 11.6. The van der Waals surface area contributed by atoms with Gasteiger partial charge in [-0.2, -0.15) is 5.10 Å². The Morgan fingerprint density at radius 3 is 2.94 bits per heavy atom. The molecule has 1 aromatic rings. The molecule has 16 heavy (non-hydrogen) atoms. The van der Waals surface area contributed by atoms with Crippen molar-refractivity contribution in [2.24, 2.45) is 5.41 Å². The number of hydrogen-bond donors (Lipinski definition) is 2. The van der Waals surface area contributed by atoms with Crippen molar-refractivity contribution < 1.29 is 4.79 Å². The minimum atomic E-state index is -0.0688. The molecule has 0 saturated carbocycles. The van der Waals surface area contributed by atoms with Gasteiger partial charge in [0.1, 0.15) is 0 Å². The number of aromatic nitrogens is 2. The van der Waals surface area contributed by atoms with E-state index in [0.29, 0.717) is 12.1 Å². The van der Waals surface area contributed by atoms with Crippen LogP contribution in [0.25, 0.3) is 0 Å². The van der Waals surface area contributed by atoms with E-state index in [1.165, 1.54) is 6.20 Å². The van der Waals surface area contributed by atoms with Crippen LogP contribution in [0.5, 0.6) is 0 Å². The number of rotatable bonds is 6. The van der Waals surface area contributed by atoms with Gasteiger partial charge in [-0.25, -0.2) is 0 Å². The van der Waals surface area contributed by atoms with E-state index < -0.39 is 0 Å². The van der Waals surface area contributed by atoms with E-state index in [0.717, 1.165) is 18.2 Å². The Bertz CT molecular complexity index is 322. The van der Waals surface area contributed by atoms with Gasteiger partial charge in [-0.3, -0.25) is 9.89 Å². The molecule has 90 valence electrons. The van der Waals surface area contributed by atoms with E-state index in [1.54, 1.807) is 6.20 Å². The van der Waals surface area contributed by atoms with E-state index in [-0.39, 0.29) is 11.3 Å². The Hall–Kier alpha value is -0.840. The highest BCUT2D eigenvalue weighted by molar-refractivity contribution is 9.09. The smallest absolute Gasteiger partial charge is 0.254 e. The first kappa shape index (κ1) is 13.2. The molecule has 0 aromatic carbocycles. The summed E-state index contributed by atoms with van der Waals surface area (Å²) in [7, 11) is 0. The van der Waals surface area contributed by atoms with Crippen LogP contribution in [-0.4, -0.2) is 28.0 Å². The van der Waals surface area contributed by atoms with Crippen molar-refractivity contribution in [2.75, 3.05) is 11.9 Å². The minimum absolute atomic E-state index is 0.0688. The SMILES string of the molecule is CC(C)(CCCBr)CNC(=O)c1cn[nH]c1. The maximum Gasteiger partial charge on any atom is 0.254 e. The van der Waals surface area contributed by atoms with Crippen LogP contribution in [0.2, 0.25) is 0 Å². The largest absolute Gasteiger partial charge is 0.351 e. The summed E-state index contributed by atoms with van der Waals surface area (Å²) >= 11 is 3.41. The number of nitrogens with one attached hydrogen (secondary N) is 2. The van der Waals surface area contributed by atoms with Crippen molar-refractivity contribution in [1.29, 1.82) is 0 Å². The standard InChI is InChI=1S/C11H18BrN3O/c1-11(2,4-3-5-12)8-13-10(16)9-6-14-15-7-9/h6-7H,3-5,8H2,1-2H3,(H,13,16)(H,14,15). The molecule has 0 aliphatic rings. The van der Waals surface area contributed by atoms with Crippen molar-refractivity contribution >= 4 is 21.8 Å². The zero-order valence-corrected chi connectivity index (χ0v) is 11.3. The monoisotopic (exact) mass is 287 g/mol. The summed E-state index contributed by atoms with van der Waals surface area (Å²) in [6.45, 7) is 5.00. The summed E-state index contributed by atoms with van der Waals surface area (Å²) in [6.07, 6.45) is 5.33. The fourth-order valence-electron chi connectivity index (χ4n) is 1.43. The quantitative estimate of drug-likeness (QED) is 0.789. The van der Waals surface area contributed by atoms with Crippen LogP contribution in [0.3, 0.4) is 0 Å². The molecule has 5 heteroatoms. The van der Waals surface area contributed by atoms with Gasteiger partial charge in [0.15, 0.2) is 0 Å². The number of hydrogen-bond acceptors (Lipinski definition) is 2. The zero-order valence-electron chi connectivity index (χ0n) is 9.72. The van der Waals surface area contributed by atoms with E-state index in [2.05, 4.69) is 45.3 Å². The van der Waals surface area contributed by atoms with E-state index >= 15 is 0 Å². The van der Waals surface area contributed by atoms with Gasteiger partial charge in [0.2, 0.25) is 0 Å². The Balaban J connectivity index is 2.36. The molecule has 0 bridgehead atoms. The third-order valence-corrected chi connectivity index (χ3v) is 3.04. The van der Waals surface area contributed by atoms with Crippen molar-refractivity contribution in [2.45, 2.75) is 26.7 Å². The lowest BCUT2D eigenvalue weighted by Gasteiger charge is -2.24. The molecule has 0 radical (unpaired) electrons. The number of H-pyrrole nitrogens is 1. The summed E-state index contributed by atoms with van der Waals surface area (Å²) in [5, 5.41) is 10.3. The molecule has 2 N–H and O–H groups in total. The van der Waals surface area contributed by atoms with E-state index in [9.17, 15) is 4.79 Å². The van der Waals surface area contributed by atoms with E-state index in [4.69, 9.17) is 0 Å². The molecule has 0 fully saturated rings. The minimum Gasteiger partial charge on any atom is -0.351 e. The molecular weight excluding hydrogens is 270 g/mol. The van der Waals surface area contributed by atoms with Gasteiger partial charge in [-0.1, -0.05) is 29.8 Å². The molecule has 1 rings (SSSR count). The lowest BCUT2D eigenvalue weighted by molar-refractivity contribution is 0.0934. The molecule has 0 atom stereocenters. The number of alkyl halides is 1. The number of carbonyl (C=O) groups is 1. The van der Waals surface area contributed by atoms with Crippen molar-refractivity contribution in [3.8, 4) is 0 Å². The maximum absolute atomic E-state index is 11.6. The topological polar surface area (TPSA) is 57.8 Å². The van der Waals surface area contributed by atoms with Crippen molar-refractivity contribution in [3.05, 3.63) is 18.0 Å². The van der Waals surface area contributed by atoms with Crippen LogP contribution < -0.4 is 5.32 Å². The lowest BCUT2D eigenvalue weighted by Crippen LogP contribution is -2.33. The van der Waals surface area contributed by atoms with Crippen LogP contribution in [0.15, 0.2) is 12.4 Å². The Morgan fingerprint density at radius 2 is 2.38 bits per heavy atom. The van der Waals surface area contributed by atoms with Gasteiger partial charge in [-0.05, 0) is 18.3 Å². The third kappa shape index (κ3) is 4.35. The molecule has 4 nitrogen and oxygen atoms in total. The second-order valence-corrected chi connectivity index (χ2v) is 5.42. The number of nitrogens with zero attached hydrogens (tertiary/aromatic N) is 1. The molecule has 1 aromatic heterocycles. The summed E-state index contributed by atoms with van der Waals surface area (Å²) in [4.78, 5) is 11.6. The number of carbonyl (C=O) groups excluding carboxylic acids is 1. The second-order valence-electron chi connectivity index (χ2n) is 4.63. The fraction of sp³-hybridized carbons (Fsp3) is 0.636. The summed E-state index contributed by atoms with van der Waals surface area (Å²) < 4.78 is 0. The van der Waals surface area contributed by atoms with Crippen molar-refractivity contribution in [1.82, 2.24) is 15.5 Å². The molecule has 1 amide bonds. The normalized spacial score (nSPS) is 11.4. The first-order valence-corrected chi connectivity index (χ1v) is 6.50. The first-order valence-electron chi connectivity index (χ1n) is 5.38. The molecule has 1 heterocycles. The Kier molecular flexibility index (Phi) is 4.99. The first-order chi connectivity index (χ1) is 7.55. The van der Waals surface area contributed by atoms with Crippen LogP contribution in [0.4, 0.5) is 0 Å². The third-order valence-electron chi connectivity index (χ3n) is 2.48. The van der Waals surface area contributed by atoms with Crippen molar-refractivity contribution in [3.63, 3.8) is 0 Å². The average Bonchev–Trinajstić information content (AvgIpc) is 2.77. The van der Waals surface area contributed by atoms with Gasteiger partial charge in [0, 0.05) is 18.1 Å². The summed E-state index contributed by atoms with van der Waals surface area (Å²) in [6, 6.07) is 0. The van der Waals surface area contributed by atoms with Crippen LogP contribution in [0.1, 0.15) is 37.0 Å². The van der Waals surface area contributed by atoms with Crippen LogP contribution >= 0.6 is 15.9 Å². The van der Waals surface area contributed by atoms with Gasteiger partial charge in [0.25, 0.3) is 5.91 Å². The second kappa shape index (κ2) is 6.03. The number of halogens is 1. The molecule has 0 unspecified atom stereocenters. The van der Waals surface area contributed by atoms with Gasteiger partial charge in [0.05, 0.1) is 11.8 Å². The van der Waals surface area contributed by atoms with Gasteiger partial charge < -0.3 is 5.32 Å². The van der Waals surface area contributed by atoms with Crippen LogP contribution in [0, 0.1) is 5.41 Å². The average molecular weight is 288 g/mol. The predicted molar refractivity (Wildman–Crippen MR) is 67.7 cm³/mol. The highest BCUT2D eigenvalue weighted by Crippen LogP contribution is 2.21. The highest BCUT2D eigenvalue weighted by atomic mass is 79.9.